The molecule has 0 saturated heterocycles. The summed E-state index contributed by atoms with van der Waals surface area (Å²) in [4.78, 5) is 45.9. The van der Waals surface area contributed by atoms with Gasteiger partial charge in [0.15, 0.2) is 23.1 Å². The maximum atomic E-state index is 14.1. The quantitative estimate of drug-likeness (QED) is 0.272. The minimum Gasteiger partial charge on any atom is -0.454 e. The van der Waals surface area contributed by atoms with Crippen molar-refractivity contribution >= 4 is 29.1 Å². The molecular formula is C33H25F3N4O6. The van der Waals surface area contributed by atoms with E-state index in [1.807, 2.05) is 0 Å². The Morgan fingerprint density at radius 3 is 2.39 bits per heavy atom. The standard InChI is InChI=1S/C33H25F3N4O6/c34-20-9-5-17(6-10-20)28(30(42)19-7-11-22(35)23(36)13-19)32(43)39-31-33(44)40(15-27(37)41)24-4-2-1-3-21(24)29(38-31)18-8-12-25-26(14-18)46-16-45-25/h1-14,28,30-31,42H,15-16H2,(H2,37,41)(H,39,43)/t28-,30+,31?/m1/s1. The highest BCUT2D eigenvalue weighted by Gasteiger charge is 2.38. The number of fused-ring (bicyclic) bond motifs is 2. The first-order chi connectivity index (χ1) is 22.1. The van der Waals surface area contributed by atoms with Gasteiger partial charge in [-0.2, -0.15) is 0 Å². The fraction of sp³-hybridized carbons (Fsp3) is 0.152. The summed E-state index contributed by atoms with van der Waals surface area (Å²) in [5.74, 6) is -6.28. The average molecular weight is 631 g/mol. The van der Waals surface area contributed by atoms with Crippen LogP contribution in [-0.4, -0.2) is 48.0 Å². The van der Waals surface area contributed by atoms with Gasteiger partial charge in [0.1, 0.15) is 12.4 Å². The molecule has 0 spiro atoms. The van der Waals surface area contributed by atoms with Crippen molar-refractivity contribution in [2.45, 2.75) is 18.2 Å². The van der Waals surface area contributed by atoms with E-state index in [0.717, 1.165) is 35.2 Å². The molecule has 2 aliphatic rings. The molecule has 4 N–H and O–H groups in total. The highest BCUT2D eigenvalue weighted by molar-refractivity contribution is 6.21. The summed E-state index contributed by atoms with van der Waals surface area (Å²) >= 11 is 0. The summed E-state index contributed by atoms with van der Waals surface area (Å²) in [6.07, 6.45) is -3.43. The number of rotatable bonds is 8. The summed E-state index contributed by atoms with van der Waals surface area (Å²) in [7, 11) is 0. The molecule has 2 heterocycles. The topological polar surface area (TPSA) is 144 Å². The highest BCUT2D eigenvalue weighted by Crippen LogP contribution is 2.36. The van der Waals surface area contributed by atoms with Crippen LogP contribution in [0.1, 0.15) is 34.3 Å². The fourth-order valence-corrected chi connectivity index (χ4v) is 5.38. The molecule has 0 radical (unpaired) electrons. The lowest BCUT2D eigenvalue weighted by Gasteiger charge is -2.27. The Hall–Kier alpha value is -5.69. The van der Waals surface area contributed by atoms with Crippen LogP contribution >= 0.6 is 0 Å². The SMILES string of the molecule is NC(=O)CN1C(=O)C(NC(=O)[C@H](c2ccc(F)cc2)[C@@H](O)c2ccc(F)c(F)c2)N=C(c2ccc3c(c2)OCO3)c2ccccc21. The molecule has 10 nitrogen and oxygen atoms in total. The van der Waals surface area contributed by atoms with Crippen molar-refractivity contribution in [2.24, 2.45) is 10.7 Å². The largest absolute Gasteiger partial charge is 0.454 e. The van der Waals surface area contributed by atoms with Crippen molar-refractivity contribution in [1.29, 1.82) is 0 Å². The monoisotopic (exact) mass is 630 g/mol. The molecule has 13 heteroatoms. The van der Waals surface area contributed by atoms with Crippen LogP contribution in [0.25, 0.3) is 0 Å². The number of nitrogens with two attached hydrogens (primary N) is 1. The van der Waals surface area contributed by atoms with Gasteiger partial charge in [0.25, 0.3) is 5.91 Å². The molecular weight excluding hydrogens is 605 g/mol. The van der Waals surface area contributed by atoms with Crippen molar-refractivity contribution in [2.75, 3.05) is 18.2 Å². The summed E-state index contributed by atoms with van der Waals surface area (Å²) < 4.78 is 52.6. The molecule has 3 atom stereocenters. The Bertz CT molecular complexity index is 1880. The Morgan fingerprint density at radius 1 is 0.935 bits per heavy atom. The van der Waals surface area contributed by atoms with Crippen LogP contribution in [0.5, 0.6) is 11.5 Å². The first-order valence-electron chi connectivity index (χ1n) is 14.0. The van der Waals surface area contributed by atoms with Gasteiger partial charge in [0.05, 0.1) is 23.4 Å². The van der Waals surface area contributed by atoms with Crippen molar-refractivity contribution in [3.8, 4) is 11.5 Å². The third-order valence-corrected chi connectivity index (χ3v) is 7.56. The normalized spacial score (nSPS) is 16.6. The first kappa shape index (κ1) is 30.3. The number of benzodiazepines with no additional fused rings is 1. The Kier molecular flexibility index (Phi) is 8.16. The van der Waals surface area contributed by atoms with Crippen LogP contribution in [0.3, 0.4) is 0 Å². The summed E-state index contributed by atoms with van der Waals surface area (Å²) in [6.45, 7) is -0.540. The zero-order valence-electron chi connectivity index (χ0n) is 23.8. The van der Waals surface area contributed by atoms with E-state index in [0.29, 0.717) is 22.6 Å². The smallest absolute Gasteiger partial charge is 0.272 e. The predicted octanol–water partition coefficient (Wildman–Crippen LogP) is 3.46. The minimum absolute atomic E-state index is 0.0104. The molecule has 46 heavy (non-hydrogen) atoms. The van der Waals surface area contributed by atoms with Gasteiger partial charge >= 0.3 is 0 Å². The van der Waals surface area contributed by atoms with E-state index < -0.39 is 59.9 Å². The van der Waals surface area contributed by atoms with Crippen LogP contribution in [0.2, 0.25) is 0 Å². The van der Waals surface area contributed by atoms with Gasteiger partial charge in [0.2, 0.25) is 24.8 Å². The molecule has 0 saturated carbocycles. The van der Waals surface area contributed by atoms with Crippen molar-refractivity contribution in [3.05, 3.63) is 125 Å². The molecule has 0 fully saturated rings. The second kappa shape index (κ2) is 12.4. The van der Waals surface area contributed by atoms with Gasteiger partial charge in [0, 0.05) is 11.1 Å². The lowest BCUT2D eigenvalue weighted by molar-refractivity contribution is -0.130. The first-order valence-corrected chi connectivity index (χ1v) is 14.0. The molecule has 3 amide bonds. The molecule has 0 bridgehead atoms. The Labute approximate surface area is 259 Å². The highest BCUT2D eigenvalue weighted by atomic mass is 19.2. The number of para-hydroxylation sites is 1. The number of ether oxygens (including phenoxy) is 2. The second-order valence-corrected chi connectivity index (χ2v) is 10.5. The second-order valence-electron chi connectivity index (χ2n) is 10.5. The summed E-state index contributed by atoms with van der Waals surface area (Å²) in [5, 5.41) is 13.9. The molecule has 0 aromatic heterocycles. The number of hydrogen-bond donors (Lipinski definition) is 3. The molecule has 4 aromatic rings. The molecule has 2 aliphatic heterocycles. The number of anilines is 1. The number of aliphatic imine (C=N–C) groups is 1. The average Bonchev–Trinajstić information content (AvgIpc) is 3.48. The number of amides is 3. The van der Waals surface area contributed by atoms with E-state index in [4.69, 9.17) is 15.2 Å². The van der Waals surface area contributed by atoms with E-state index in [1.165, 1.54) is 12.1 Å². The molecule has 6 rings (SSSR count). The van der Waals surface area contributed by atoms with Gasteiger partial charge < -0.3 is 25.6 Å². The Morgan fingerprint density at radius 2 is 1.65 bits per heavy atom. The summed E-state index contributed by atoms with van der Waals surface area (Å²) in [6, 6.07) is 18.9. The minimum atomic E-state index is -1.77. The van der Waals surface area contributed by atoms with Crippen molar-refractivity contribution < 1.29 is 42.1 Å². The van der Waals surface area contributed by atoms with Gasteiger partial charge in [-0.25, -0.2) is 18.2 Å². The third kappa shape index (κ3) is 5.87. The van der Waals surface area contributed by atoms with Gasteiger partial charge in [-0.1, -0.05) is 36.4 Å². The van der Waals surface area contributed by atoms with E-state index in [9.17, 15) is 32.7 Å². The van der Waals surface area contributed by atoms with Crippen LogP contribution in [0, 0.1) is 17.5 Å². The number of aliphatic hydroxyl groups excluding tert-OH is 1. The number of carbonyl (C=O) groups is 3. The Balaban J connectivity index is 1.44. The van der Waals surface area contributed by atoms with Crippen molar-refractivity contribution in [3.63, 3.8) is 0 Å². The number of benzene rings is 4. The third-order valence-electron chi connectivity index (χ3n) is 7.56. The van der Waals surface area contributed by atoms with Crippen molar-refractivity contribution in [1.82, 2.24) is 5.32 Å². The van der Waals surface area contributed by atoms with Gasteiger partial charge in [-0.3, -0.25) is 19.3 Å². The van der Waals surface area contributed by atoms with Crippen LogP contribution in [-0.2, 0) is 14.4 Å². The zero-order valence-corrected chi connectivity index (χ0v) is 23.8. The lowest BCUT2D eigenvalue weighted by Crippen LogP contribution is -2.51. The maximum absolute atomic E-state index is 14.1. The van der Waals surface area contributed by atoms with Crippen LogP contribution in [0.15, 0.2) is 89.9 Å². The molecule has 1 unspecified atom stereocenters. The van der Waals surface area contributed by atoms with Crippen LogP contribution < -0.4 is 25.4 Å². The number of nitrogens with zero attached hydrogens (tertiary/aromatic N) is 2. The van der Waals surface area contributed by atoms with Gasteiger partial charge in [-0.05, 0) is 59.7 Å². The molecule has 4 aromatic carbocycles. The summed E-state index contributed by atoms with van der Waals surface area (Å²) in [5.41, 5.74) is 6.92. The van der Waals surface area contributed by atoms with E-state index >= 15 is 0 Å². The number of aliphatic hydroxyl groups is 1. The van der Waals surface area contributed by atoms with E-state index in [2.05, 4.69) is 10.3 Å². The van der Waals surface area contributed by atoms with Crippen LogP contribution in [0.4, 0.5) is 18.9 Å². The number of nitrogens with one attached hydrogen (secondary N) is 1. The number of hydrogen-bond acceptors (Lipinski definition) is 7. The predicted molar refractivity (Wildman–Crippen MR) is 159 cm³/mol. The zero-order chi connectivity index (χ0) is 32.5. The van der Waals surface area contributed by atoms with E-state index in [1.54, 1.807) is 42.5 Å². The number of halogens is 3. The lowest BCUT2D eigenvalue weighted by atomic mass is 9.88. The van der Waals surface area contributed by atoms with Gasteiger partial charge in [-0.15, -0.1) is 0 Å². The molecule has 234 valence electrons. The van der Waals surface area contributed by atoms with E-state index in [-0.39, 0.29) is 29.3 Å². The maximum Gasteiger partial charge on any atom is 0.272 e. The number of primary amides is 1. The molecule has 0 aliphatic carbocycles. The fourth-order valence-electron chi connectivity index (χ4n) is 5.38. The number of carbonyl (C=O) groups excluding carboxylic acids is 3.